The van der Waals surface area contributed by atoms with Crippen LogP contribution in [0.5, 0.6) is 0 Å². The molecule has 1 aromatic rings. The summed E-state index contributed by atoms with van der Waals surface area (Å²) in [5.74, 6) is 0. The fourth-order valence-corrected chi connectivity index (χ4v) is 10.6. The van der Waals surface area contributed by atoms with Crippen molar-refractivity contribution in [2.75, 3.05) is 6.61 Å². The molecule has 1 rings (SSSR count). The summed E-state index contributed by atoms with van der Waals surface area (Å²) in [5.41, 5.74) is 1.13. The van der Waals surface area contributed by atoms with Crippen molar-refractivity contribution in [2.24, 2.45) is 0 Å². The molecule has 0 saturated heterocycles. The van der Waals surface area contributed by atoms with Gasteiger partial charge in [0.15, 0.2) is 8.32 Å². The van der Waals surface area contributed by atoms with Gasteiger partial charge in [-0.2, -0.15) is 0 Å². The second-order valence-corrected chi connectivity index (χ2v) is 14.7. The lowest BCUT2D eigenvalue weighted by molar-refractivity contribution is 0.293. The molecule has 0 amide bonds. The van der Waals surface area contributed by atoms with Gasteiger partial charge in [0.25, 0.3) is 0 Å². The number of rotatable bonds is 7. The molecule has 0 aliphatic rings. The Morgan fingerprint density at radius 3 is 2.16 bits per heavy atom. The predicted molar refractivity (Wildman–Crippen MR) is 88.7 cm³/mol. The third kappa shape index (κ3) is 5.06. The van der Waals surface area contributed by atoms with Crippen LogP contribution in [-0.4, -0.2) is 28.3 Å². The maximum Gasteiger partial charge on any atom is 0.209 e. The van der Waals surface area contributed by atoms with Crippen molar-refractivity contribution in [1.29, 1.82) is 0 Å². The molecule has 0 saturated carbocycles. The molecule has 0 aromatic heterocycles. The van der Waals surface area contributed by atoms with Gasteiger partial charge in [0, 0.05) is 6.61 Å². The van der Waals surface area contributed by atoms with Gasteiger partial charge in [-0.1, -0.05) is 36.9 Å². The highest BCUT2D eigenvalue weighted by molar-refractivity contribution is 6.92. The minimum absolute atomic E-state index is 0.238. The summed E-state index contributed by atoms with van der Waals surface area (Å²) >= 11 is 0. The fourth-order valence-electron chi connectivity index (χ4n) is 2.32. The molecule has 1 unspecified atom stereocenters. The molecule has 0 heterocycles. The molecule has 2 nitrogen and oxygen atoms in total. The van der Waals surface area contributed by atoms with Gasteiger partial charge in [0.1, 0.15) is 0 Å². The van der Waals surface area contributed by atoms with E-state index in [0.717, 1.165) is 18.0 Å². The Kier molecular flexibility index (Phi) is 5.73. The van der Waals surface area contributed by atoms with Crippen LogP contribution in [0.2, 0.25) is 32.2 Å². The summed E-state index contributed by atoms with van der Waals surface area (Å²) < 4.78 is 6.53. The van der Waals surface area contributed by atoms with Crippen molar-refractivity contribution in [1.82, 2.24) is 0 Å². The number of aliphatic hydroxyl groups excluding tert-OH is 1. The Balaban J connectivity index is 3.03. The third-order valence-electron chi connectivity index (χ3n) is 3.10. The van der Waals surface area contributed by atoms with Gasteiger partial charge in [-0.05, 0) is 49.4 Å². The minimum Gasteiger partial charge on any atom is -0.452 e. The van der Waals surface area contributed by atoms with Crippen molar-refractivity contribution in [3.05, 3.63) is 36.4 Å². The van der Waals surface area contributed by atoms with E-state index in [4.69, 9.17) is 9.22 Å². The fraction of sp³-hybridized carbons (Fsp3) is 0.467. The highest BCUT2D eigenvalue weighted by atomic mass is 28.4. The van der Waals surface area contributed by atoms with E-state index in [1.807, 2.05) is 6.08 Å². The van der Waals surface area contributed by atoms with Crippen LogP contribution in [0.1, 0.15) is 12.0 Å². The smallest absolute Gasteiger partial charge is 0.209 e. The molecule has 0 radical (unpaired) electrons. The van der Waals surface area contributed by atoms with Crippen molar-refractivity contribution in [2.45, 2.75) is 38.7 Å². The van der Waals surface area contributed by atoms with Crippen molar-refractivity contribution in [3.8, 4) is 0 Å². The normalized spacial score (nSPS) is 15.0. The average molecular weight is 295 g/mol. The summed E-state index contributed by atoms with van der Waals surface area (Å²) in [4.78, 5) is 0. The first kappa shape index (κ1) is 16.4. The van der Waals surface area contributed by atoms with Crippen LogP contribution < -0.4 is 5.19 Å². The molecule has 0 fully saturated rings. The topological polar surface area (TPSA) is 29.5 Å². The lowest BCUT2D eigenvalue weighted by Crippen LogP contribution is -2.53. The Labute approximate surface area is 119 Å². The van der Waals surface area contributed by atoms with E-state index in [1.165, 1.54) is 5.19 Å². The summed E-state index contributed by atoms with van der Waals surface area (Å²) in [6, 6.07) is 9.50. The van der Waals surface area contributed by atoms with Crippen LogP contribution in [0, 0.1) is 0 Å². The number of benzene rings is 1. The second-order valence-electron chi connectivity index (χ2n) is 6.10. The zero-order valence-electron chi connectivity index (χ0n) is 12.6. The molecule has 19 heavy (non-hydrogen) atoms. The van der Waals surface area contributed by atoms with Crippen LogP contribution in [0.4, 0.5) is 0 Å². The van der Waals surface area contributed by atoms with E-state index in [2.05, 4.69) is 57.0 Å². The minimum atomic E-state index is -1.95. The zero-order valence-corrected chi connectivity index (χ0v) is 14.6. The van der Waals surface area contributed by atoms with Gasteiger partial charge in [-0.3, -0.25) is 0 Å². The van der Waals surface area contributed by atoms with Gasteiger partial charge < -0.3 is 9.22 Å². The SMILES string of the molecule is C=Cc1ccc([Si](C)(CCCO)O[Si](C)(C)C)cc1. The Bertz CT molecular complexity index is 409. The van der Waals surface area contributed by atoms with E-state index in [1.54, 1.807) is 0 Å². The third-order valence-corrected chi connectivity index (χ3v) is 10.2. The van der Waals surface area contributed by atoms with E-state index in [0.29, 0.717) is 0 Å². The van der Waals surface area contributed by atoms with E-state index in [9.17, 15) is 0 Å². The van der Waals surface area contributed by atoms with Crippen LogP contribution in [0.15, 0.2) is 30.8 Å². The summed E-state index contributed by atoms with van der Waals surface area (Å²) in [7, 11) is -3.54. The maximum atomic E-state index is 9.12. The first-order chi connectivity index (χ1) is 8.80. The largest absolute Gasteiger partial charge is 0.452 e. The van der Waals surface area contributed by atoms with Crippen LogP contribution in [-0.2, 0) is 4.12 Å². The van der Waals surface area contributed by atoms with Crippen molar-refractivity contribution >= 4 is 27.9 Å². The summed E-state index contributed by atoms with van der Waals surface area (Å²) in [5, 5.41) is 10.4. The first-order valence-corrected chi connectivity index (χ1v) is 12.9. The monoisotopic (exact) mass is 294 g/mol. The van der Waals surface area contributed by atoms with Gasteiger partial charge in [0.2, 0.25) is 8.32 Å². The maximum absolute atomic E-state index is 9.12. The zero-order chi connectivity index (χ0) is 14.5. The molecule has 1 aromatic carbocycles. The van der Waals surface area contributed by atoms with Crippen LogP contribution >= 0.6 is 0 Å². The number of hydrogen-bond donors (Lipinski definition) is 1. The lowest BCUT2D eigenvalue weighted by atomic mass is 10.2. The molecule has 1 N–H and O–H groups in total. The van der Waals surface area contributed by atoms with Gasteiger partial charge in [-0.25, -0.2) is 0 Å². The summed E-state index contributed by atoms with van der Waals surface area (Å²) in [6.45, 7) is 13.0. The van der Waals surface area contributed by atoms with Crippen molar-refractivity contribution in [3.63, 3.8) is 0 Å². The Morgan fingerprint density at radius 2 is 1.74 bits per heavy atom. The quantitative estimate of drug-likeness (QED) is 0.782. The Hall–Kier alpha value is -0.686. The van der Waals surface area contributed by atoms with Gasteiger partial charge >= 0.3 is 0 Å². The molecule has 0 aliphatic heterocycles. The molecular weight excluding hydrogens is 268 g/mol. The van der Waals surface area contributed by atoms with Crippen LogP contribution in [0.3, 0.4) is 0 Å². The second kappa shape index (κ2) is 6.65. The number of aliphatic hydroxyl groups is 1. The highest BCUT2D eigenvalue weighted by Crippen LogP contribution is 2.20. The molecular formula is C15H26O2Si2. The molecule has 106 valence electrons. The Morgan fingerprint density at radius 1 is 1.16 bits per heavy atom. The van der Waals surface area contributed by atoms with Gasteiger partial charge in [-0.15, -0.1) is 0 Å². The highest BCUT2D eigenvalue weighted by Gasteiger charge is 2.35. The van der Waals surface area contributed by atoms with Gasteiger partial charge in [0.05, 0.1) is 0 Å². The molecule has 4 heteroatoms. The molecule has 0 spiro atoms. The van der Waals surface area contributed by atoms with E-state index >= 15 is 0 Å². The molecule has 1 atom stereocenters. The predicted octanol–water partition coefficient (Wildman–Crippen LogP) is 3.35. The van der Waals surface area contributed by atoms with Crippen molar-refractivity contribution < 1.29 is 9.22 Å². The van der Waals surface area contributed by atoms with E-state index in [-0.39, 0.29) is 6.61 Å². The first-order valence-electron chi connectivity index (χ1n) is 6.85. The number of hydrogen-bond acceptors (Lipinski definition) is 2. The molecule has 0 aliphatic carbocycles. The summed E-state index contributed by atoms with van der Waals surface area (Å²) in [6.07, 6.45) is 2.67. The lowest BCUT2D eigenvalue weighted by Gasteiger charge is -2.35. The standard InChI is InChI=1S/C15H26O2Si2/c1-6-14-8-10-15(11-9-14)19(5,13-7-12-16)17-18(2,3)4/h6,8-11,16H,1,7,12-13H2,2-5H3. The van der Waals surface area contributed by atoms with E-state index < -0.39 is 16.6 Å². The average Bonchev–Trinajstić information content (AvgIpc) is 2.34. The molecule has 0 bridgehead atoms. The van der Waals surface area contributed by atoms with Crippen LogP contribution in [0.25, 0.3) is 6.08 Å².